The lowest BCUT2D eigenvalue weighted by atomic mass is 9.98. The number of rotatable bonds is 7. The third-order valence-corrected chi connectivity index (χ3v) is 7.65. The lowest BCUT2D eigenvalue weighted by Gasteiger charge is -2.16. The average Bonchev–Trinajstić information content (AvgIpc) is 3.59. The maximum absolute atomic E-state index is 12.5. The Kier molecular flexibility index (Phi) is 6.50. The molecule has 2 atom stereocenters. The van der Waals surface area contributed by atoms with Gasteiger partial charge in [-0.2, -0.15) is 0 Å². The number of fused-ring (bicyclic) bond motifs is 3. The number of thiazole rings is 1. The number of nitrogens with one attached hydrogen (secondary N) is 2. The molecule has 1 aromatic heterocycles. The van der Waals surface area contributed by atoms with Gasteiger partial charge in [-0.25, -0.2) is 9.78 Å². The molecule has 0 bridgehead atoms. The monoisotopic (exact) mass is 491 g/mol. The molecule has 0 radical (unpaired) electrons. The van der Waals surface area contributed by atoms with Gasteiger partial charge in [0.15, 0.2) is 0 Å². The van der Waals surface area contributed by atoms with Crippen molar-refractivity contribution in [2.75, 3.05) is 6.61 Å². The fourth-order valence-electron chi connectivity index (χ4n) is 4.96. The van der Waals surface area contributed by atoms with Crippen molar-refractivity contribution >= 4 is 29.3 Å². The molecule has 2 aromatic carbocycles. The van der Waals surface area contributed by atoms with Crippen LogP contribution in [0.4, 0.5) is 4.79 Å². The van der Waals surface area contributed by atoms with Gasteiger partial charge in [0, 0.05) is 12.0 Å². The number of benzene rings is 2. The molecule has 0 spiro atoms. The van der Waals surface area contributed by atoms with Gasteiger partial charge < -0.3 is 20.5 Å². The normalized spacial score (nSPS) is 18.5. The summed E-state index contributed by atoms with van der Waals surface area (Å²) in [6.45, 7) is 0.354. The van der Waals surface area contributed by atoms with Gasteiger partial charge >= 0.3 is 12.1 Å². The van der Waals surface area contributed by atoms with Crippen LogP contribution < -0.4 is 10.6 Å². The second-order valence-corrected chi connectivity index (χ2v) is 9.87. The van der Waals surface area contributed by atoms with Crippen LogP contribution in [0.15, 0.2) is 54.7 Å². The minimum Gasteiger partial charge on any atom is -0.481 e. The molecular formula is C26H25N3O5S. The predicted octanol–water partition coefficient (Wildman–Crippen LogP) is 4.16. The molecule has 8 nitrogen and oxygen atoms in total. The van der Waals surface area contributed by atoms with Gasteiger partial charge in [-0.1, -0.05) is 55.0 Å². The van der Waals surface area contributed by atoms with E-state index >= 15 is 0 Å². The van der Waals surface area contributed by atoms with Crippen LogP contribution in [0.3, 0.4) is 0 Å². The molecule has 3 N–H and O–H groups in total. The molecule has 1 heterocycles. The number of ether oxygens (including phenoxy) is 1. The summed E-state index contributed by atoms with van der Waals surface area (Å²) in [5.41, 5.74) is 4.62. The summed E-state index contributed by atoms with van der Waals surface area (Å²) in [4.78, 5) is 40.8. The van der Waals surface area contributed by atoms with E-state index < -0.39 is 18.0 Å². The van der Waals surface area contributed by atoms with E-state index in [-0.39, 0.29) is 31.0 Å². The van der Waals surface area contributed by atoms with Crippen LogP contribution >= 0.6 is 11.3 Å². The Morgan fingerprint density at radius 3 is 2.40 bits per heavy atom. The average molecular weight is 492 g/mol. The third-order valence-electron chi connectivity index (χ3n) is 6.65. The number of aromatic nitrogens is 1. The van der Waals surface area contributed by atoms with Crippen LogP contribution in [0.1, 0.15) is 51.0 Å². The maximum atomic E-state index is 12.5. The number of carboxylic acids is 1. The number of hydrogen-bond acceptors (Lipinski definition) is 6. The SMILES string of the molecule is O=C(NCc1ncc(C(=O)N[C@H]2CCC[C@H]2C(=O)O)s1)OCC1c2ccccc2-c2ccccc21. The molecule has 2 amide bonds. The Hall–Kier alpha value is -3.72. The molecule has 0 unspecified atom stereocenters. The van der Waals surface area contributed by atoms with E-state index in [1.807, 2.05) is 24.3 Å². The quantitative estimate of drug-likeness (QED) is 0.457. The van der Waals surface area contributed by atoms with E-state index in [1.54, 1.807) is 0 Å². The van der Waals surface area contributed by atoms with Crippen molar-refractivity contribution in [2.45, 2.75) is 37.8 Å². The molecule has 0 aliphatic heterocycles. The van der Waals surface area contributed by atoms with Crippen LogP contribution in [-0.4, -0.2) is 40.7 Å². The lowest BCUT2D eigenvalue weighted by Crippen LogP contribution is -2.39. The molecule has 2 aliphatic rings. The van der Waals surface area contributed by atoms with Gasteiger partial charge in [0.1, 0.15) is 16.5 Å². The smallest absolute Gasteiger partial charge is 0.407 e. The number of amides is 2. The molecule has 180 valence electrons. The second kappa shape index (κ2) is 9.87. The first-order valence-electron chi connectivity index (χ1n) is 11.6. The number of carbonyl (C=O) groups excluding carboxylic acids is 2. The Morgan fingerprint density at radius 2 is 1.71 bits per heavy atom. The second-order valence-electron chi connectivity index (χ2n) is 8.75. The molecule has 5 rings (SSSR count). The van der Waals surface area contributed by atoms with Gasteiger partial charge in [0.25, 0.3) is 5.91 Å². The predicted molar refractivity (Wildman–Crippen MR) is 130 cm³/mol. The number of carboxylic acid groups (broad SMARTS) is 1. The zero-order valence-corrected chi connectivity index (χ0v) is 19.7. The first kappa shape index (κ1) is 23.0. The van der Waals surface area contributed by atoms with E-state index in [9.17, 15) is 19.5 Å². The molecule has 3 aromatic rings. The van der Waals surface area contributed by atoms with Crippen LogP contribution in [0, 0.1) is 5.92 Å². The summed E-state index contributed by atoms with van der Waals surface area (Å²) in [6.07, 6.45) is 2.89. The molecule has 9 heteroatoms. The largest absolute Gasteiger partial charge is 0.481 e. The molecule has 1 fully saturated rings. The summed E-state index contributed by atoms with van der Waals surface area (Å²) in [5, 5.41) is 15.4. The zero-order valence-electron chi connectivity index (χ0n) is 18.9. The van der Waals surface area contributed by atoms with Crippen molar-refractivity contribution in [2.24, 2.45) is 5.92 Å². The molecule has 2 aliphatic carbocycles. The van der Waals surface area contributed by atoms with Gasteiger partial charge in [0.05, 0.1) is 18.7 Å². The van der Waals surface area contributed by atoms with Gasteiger partial charge in [0.2, 0.25) is 0 Å². The molecule has 1 saturated carbocycles. The summed E-state index contributed by atoms with van der Waals surface area (Å²) in [6, 6.07) is 15.9. The van der Waals surface area contributed by atoms with E-state index in [1.165, 1.54) is 6.20 Å². The minimum atomic E-state index is -0.884. The van der Waals surface area contributed by atoms with Crippen LogP contribution in [0.5, 0.6) is 0 Å². The Morgan fingerprint density at radius 1 is 1.03 bits per heavy atom. The van der Waals surface area contributed by atoms with Crippen molar-refractivity contribution in [3.8, 4) is 11.1 Å². The Balaban J connectivity index is 1.14. The highest BCUT2D eigenvalue weighted by Gasteiger charge is 2.34. The number of aliphatic carboxylic acids is 1. The van der Waals surface area contributed by atoms with E-state index in [2.05, 4.69) is 39.9 Å². The van der Waals surface area contributed by atoms with Crippen LogP contribution in [0.2, 0.25) is 0 Å². The number of hydrogen-bond donors (Lipinski definition) is 3. The highest BCUT2D eigenvalue weighted by molar-refractivity contribution is 7.13. The van der Waals surface area contributed by atoms with E-state index in [0.29, 0.717) is 22.7 Å². The molecule has 0 saturated heterocycles. The third kappa shape index (κ3) is 4.77. The topological polar surface area (TPSA) is 118 Å². The highest BCUT2D eigenvalue weighted by Crippen LogP contribution is 2.44. The minimum absolute atomic E-state index is 0.0199. The van der Waals surface area contributed by atoms with E-state index in [0.717, 1.165) is 40.0 Å². The van der Waals surface area contributed by atoms with Gasteiger partial charge in [-0.05, 0) is 35.1 Å². The molecule has 35 heavy (non-hydrogen) atoms. The fourth-order valence-corrected chi connectivity index (χ4v) is 5.72. The Labute approximate surface area is 206 Å². The summed E-state index contributed by atoms with van der Waals surface area (Å²) >= 11 is 1.16. The van der Waals surface area contributed by atoms with Gasteiger partial charge in [-0.3, -0.25) is 9.59 Å². The fraction of sp³-hybridized carbons (Fsp3) is 0.308. The Bertz CT molecular complexity index is 1230. The van der Waals surface area contributed by atoms with Crippen molar-refractivity contribution in [1.29, 1.82) is 0 Å². The lowest BCUT2D eigenvalue weighted by molar-refractivity contribution is -0.142. The van der Waals surface area contributed by atoms with Crippen molar-refractivity contribution in [1.82, 2.24) is 15.6 Å². The first-order chi connectivity index (χ1) is 17.0. The van der Waals surface area contributed by atoms with Crippen LogP contribution in [-0.2, 0) is 16.1 Å². The van der Waals surface area contributed by atoms with Crippen molar-refractivity contribution in [3.05, 3.63) is 75.7 Å². The summed E-state index contributed by atoms with van der Waals surface area (Å²) in [5.74, 6) is -1.80. The summed E-state index contributed by atoms with van der Waals surface area (Å²) < 4.78 is 5.53. The number of nitrogens with zero attached hydrogens (tertiary/aromatic N) is 1. The van der Waals surface area contributed by atoms with Crippen LogP contribution in [0.25, 0.3) is 11.1 Å². The first-order valence-corrected chi connectivity index (χ1v) is 12.4. The molecular weight excluding hydrogens is 466 g/mol. The van der Waals surface area contributed by atoms with Crippen molar-refractivity contribution in [3.63, 3.8) is 0 Å². The summed E-state index contributed by atoms with van der Waals surface area (Å²) in [7, 11) is 0. The maximum Gasteiger partial charge on any atom is 0.407 e. The number of carbonyl (C=O) groups is 3. The van der Waals surface area contributed by atoms with Crippen molar-refractivity contribution < 1.29 is 24.2 Å². The zero-order chi connectivity index (χ0) is 24.4. The highest BCUT2D eigenvalue weighted by atomic mass is 32.1. The standard InChI is InChI=1S/C26H25N3O5S/c30-24(29-21-11-5-10-19(21)25(31)32)22-12-27-23(35-22)13-28-26(33)34-14-20-17-8-3-1-6-15(17)16-7-2-4-9-18(16)20/h1-4,6-9,12,19-21H,5,10-11,13-14H2,(H,28,33)(H,29,30)(H,31,32)/t19-,21+/m1/s1. The van der Waals surface area contributed by atoms with E-state index in [4.69, 9.17) is 4.74 Å². The van der Waals surface area contributed by atoms with Gasteiger partial charge in [-0.15, -0.1) is 11.3 Å². The number of alkyl carbamates (subject to hydrolysis) is 1.